The van der Waals surface area contributed by atoms with Crippen LogP contribution in [0.5, 0.6) is 0 Å². The second-order valence-corrected chi connectivity index (χ2v) is 6.51. The summed E-state index contributed by atoms with van der Waals surface area (Å²) < 4.78 is 10.2. The number of rotatable bonds is 6. The van der Waals surface area contributed by atoms with E-state index < -0.39 is 0 Å². The van der Waals surface area contributed by atoms with Crippen molar-refractivity contribution < 1.29 is 14.1 Å². The summed E-state index contributed by atoms with van der Waals surface area (Å²) in [6.07, 6.45) is 0.765. The molecule has 0 fully saturated rings. The van der Waals surface area contributed by atoms with Crippen molar-refractivity contribution in [3.63, 3.8) is 0 Å². The van der Waals surface area contributed by atoms with E-state index in [-0.39, 0.29) is 17.0 Å². The number of amides is 1. The van der Waals surface area contributed by atoms with E-state index in [1.165, 1.54) is 5.56 Å². The van der Waals surface area contributed by atoms with Crippen LogP contribution in [0.1, 0.15) is 43.2 Å². The van der Waals surface area contributed by atoms with Crippen molar-refractivity contribution >= 4 is 5.91 Å². The SMILES string of the molecule is COCCCNC(=O)c1cc(-c2ccc(C(C)(C)C)cc2)on1. The van der Waals surface area contributed by atoms with Crippen molar-refractivity contribution in [2.75, 3.05) is 20.3 Å². The Hall–Kier alpha value is -2.14. The lowest BCUT2D eigenvalue weighted by molar-refractivity contribution is 0.0939. The smallest absolute Gasteiger partial charge is 0.273 e. The molecular weight excluding hydrogens is 292 g/mol. The summed E-state index contributed by atoms with van der Waals surface area (Å²) in [4.78, 5) is 12.0. The highest BCUT2D eigenvalue weighted by molar-refractivity contribution is 5.93. The molecule has 1 amide bonds. The van der Waals surface area contributed by atoms with Crippen LogP contribution in [0.2, 0.25) is 0 Å². The number of methoxy groups -OCH3 is 1. The molecule has 0 bridgehead atoms. The van der Waals surface area contributed by atoms with Crippen LogP contribution in [0.3, 0.4) is 0 Å². The zero-order chi connectivity index (χ0) is 16.9. The fourth-order valence-corrected chi connectivity index (χ4v) is 2.16. The average molecular weight is 316 g/mol. The van der Waals surface area contributed by atoms with Crippen LogP contribution in [0, 0.1) is 0 Å². The molecular formula is C18H24N2O3. The predicted octanol–water partition coefficient (Wildman–Crippen LogP) is 3.41. The van der Waals surface area contributed by atoms with Gasteiger partial charge in [0.25, 0.3) is 5.91 Å². The lowest BCUT2D eigenvalue weighted by Crippen LogP contribution is -2.25. The minimum absolute atomic E-state index is 0.104. The summed E-state index contributed by atoms with van der Waals surface area (Å²) >= 11 is 0. The molecule has 124 valence electrons. The summed E-state index contributed by atoms with van der Waals surface area (Å²) in [7, 11) is 1.64. The number of nitrogens with one attached hydrogen (secondary N) is 1. The highest BCUT2D eigenvalue weighted by Crippen LogP contribution is 2.26. The zero-order valence-electron chi connectivity index (χ0n) is 14.2. The average Bonchev–Trinajstić information content (AvgIpc) is 3.01. The molecule has 1 aromatic carbocycles. The van der Waals surface area contributed by atoms with Gasteiger partial charge in [0.1, 0.15) is 0 Å². The first-order valence-electron chi connectivity index (χ1n) is 7.76. The zero-order valence-corrected chi connectivity index (χ0v) is 14.2. The van der Waals surface area contributed by atoms with E-state index in [1.807, 2.05) is 12.1 Å². The second kappa shape index (κ2) is 7.42. The quantitative estimate of drug-likeness (QED) is 0.830. The Morgan fingerprint density at radius 3 is 2.57 bits per heavy atom. The van der Waals surface area contributed by atoms with Gasteiger partial charge in [-0.3, -0.25) is 4.79 Å². The molecule has 0 saturated carbocycles. The third kappa shape index (κ3) is 4.66. The Morgan fingerprint density at radius 1 is 1.26 bits per heavy atom. The maximum Gasteiger partial charge on any atom is 0.273 e. The maximum absolute atomic E-state index is 12.0. The predicted molar refractivity (Wildman–Crippen MR) is 89.5 cm³/mol. The van der Waals surface area contributed by atoms with Gasteiger partial charge in [-0.1, -0.05) is 50.2 Å². The van der Waals surface area contributed by atoms with Crippen molar-refractivity contribution in [3.8, 4) is 11.3 Å². The van der Waals surface area contributed by atoms with Gasteiger partial charge in [0, 0.05) is 31.9 Å². The van der Waals surface area contributed by atoms with Gasteiger partial charge < -0.3 is 14.6 Å². The molecule has 1 N–H and O–H groups in total. The van der Waals surface area contributed by atoms with Crippen LogP contribution in [-0.2, 0) is 10.2 Å². The molecule has 1 heterocycles. The Bertz CT molecular complexity index is 639. The number of carbonyl (C=O) groups is 1. The van der Waals surface area contributed by atoms with Gasteiger partial charge in [0.15, 0.2) is 11.5 Å². The van der Waals surface area contributed by atoms with Crippen LogP contribution < -0.4 is 5.32 Å². The molecule has 0 aliphatic rings. The molecule has 0 atom stereocenters. The molecule has 2 aromatic rings. The largest absolute Gasteiger partial charge is 0.385 e. The van der Waals surface area contributed by atoms with E-state index in [1.54, 1.807) is 13.2 Å². The number of aromatic nitrogens is 1. The minimum Gasteiger partial charge on any atom is -0.385 e. The van der Waals surface area contributed by atoms with Crippen molar-refractivity contribution in [2.45, 2.75) is 32.6 Å². The fourth-order valence-electron chi connectivity index (χ4n) is 2.16. The number of hydrogen-bond donors (Lipinski definition) is 1. The topological polar surface area (TPSA) is 64.4 Å². The number of carbonyl (C=O) groups excluding carboxylic acids is 1. The summed E-state index contributed by atoms with van der Waals surface area (Å²) in [6.45, 7) is 7.67. The lowest BCUT2D eigenvalue weighted by atomic mass is 9.86. The second-order valence-electron chi connectivity index (χ2n) is 6.51. The van der Waals surface area contributed by atoms with Crippen molar-refractivity contribution in [2.24, 2.45) is 0 Å². The summed E-state index contributed by atoms with van der Waals surface area (Å²) in [5.41, 5.74) is 2.55. The van der Waals surface area contributed by atoms with Gasteiger partial charge >= 0.3 is 0 Å². The van der Waals surface area contributed by atoms with Gasteiger partial charge in [-0.05, 0) is 17.4 Å². The molecule has 1 aromatic heterocycles. The molecule has 2 rings (SSSR count). The minimum atomic E-state index is -0.234. The molecule has 0 radical (unpaired) electrons. The summed E-state index contributed by atoms with van der Waals surface area (Å²) in [5, 5.41) is 6.63. The highest BCUT2D eigenvalue weighted by atomic mass is 16.5. The number of benzene rings is 1. The van der Waals surface area contributed by atoms with E-state index in [0.29, 0.717) is 18.9 Å². The normalized spacial score (nSPS) is 11.5. The third-order valence-electron chi connectivity index (χ3n) is 3.59. The third-order valence-corrected chi connectivity index (χ3v) is 3.59. The molecule has 0 aliphatic heterocycles. The van der Waals surface area contributed by atoms with Crippen LogP contribution >= 0.6 is 0 Å². The number of ether oxygens (including phenoxy) is 1. The van der Waals surface area contributed by atoms with E-state index >= 15 is 0 Å². The van der Waals surface area contributed by atoms with Gasteiger partial charge in [0.2, 0.25) is 0 Å². The van der Waals surface area contributed by atoms with Crippen LogP contribution in [0.15, 0.2) is 34.9 Å². The van der Waals surface area contributed by atoms with Crippen LogP contribution in [0.25, 0.3) is 11.3 Å². The molecule has 0 saturated heterocycles. The summed E-state index contributed by atoms with van der Waals surface area (Å²) in [5.74, 6) is 0.356. The Balaban J connectivity index is 2.02. The van der Waals surface area contributed by atoms with Crippen molar-refractivity contribution in [1.29, 1.82) is 0 Å². The van der Waals surface area contributed by atoms with Crippen LogP contribution in [0.4, 0.5) is 0 Å². The van der Waals surface area contributed by atoms with Gasteiger partial charge in [-0.25, -0.2) is 0 Å². The van der Waals surface area contributed by atoms with Crippen LogP contribution in [-0.4, -0.2) is 31.3 Å². The van der Waals surface area contributed by atoms with E-state index in [4.69, 9.17) is 9.26 Å². The van der Waals surface area contributed by atoms with Gasteiger partial charge in [-0.15, -0.1) is 0 Å². The number of hydrogen-bond acceptors (Lipinski definition) is 4. The van der Waals surface area contributed by atoms with E-state index in [2.05, 4.69) is 43.4 Å². The molecule has 0 aliphatic carbocycles. The van der Waals surface area contributed by atoms with Crippen molar-refractivity contribution in [3.05, 3.63) is 41.6 Å². The highest BCUT2D eigenvalue weighted by Gasteiger charge is 2.16. The standard InChI is InChI=1S/C18H24N2O3/c1-18(2,3)14-8-6-13(7-9-14)16-12-15(20-23-16)17(21)19-10-5-11-22-4/h6-9,12H,5,10-11H2,1-4H3,(H,19,21). The Kier molecular flexibility index (Phi) is 5.55. The summed E-state index contributed by atoms with van der Waals surface area (Å²) in [6, 6.07) is 9.78. The molecule has 5 nitrogen and oxygen atoms in total. The van der Waals surface area contributed by atoms with Gasteiger partial charge in [0.05, 0.1) is 0 Å². The van der Waals surface area contributed by atoms with E-state index in [9.17, 15) is 4.79 Å². The van der Waals surface area contributed by atoms with E-state index in [0.717, 1.165) is 12.0 Å². The lowest BCUT2D eigenvalue weighted by Gasteiger charge is -2.18. The monoisotopic (exact) mass is 316 g/mol. The Morgan fingerprint density at radius 2 is 1.96 bits per heavy atom. The Labute approximate surface area is 137 Å². The first kappa shape index (κ1) is 17.2. The first-order chi connectivity index (χ1) is 10.9. The van der Waals surface area contributed by atoms with Gasteiger partial charge in [-0.2, -0.15) is 0 Å². The molecule has 0 spiro atoms. The molecule has 0 unspecified atom stereocenters. The number of nitrogens with zero attached hydrogens (tertiary/aromatic N) is 1. The molecule has 5 heteroatoms. The molecule has 23 heavy (non-hydrogen) atoms. The maximum atomic E-state index is 12.0. The first-order valence-corrected chi connectivity index (χ1v) is 7.76. The fraction of sp³-hybridized carbons (Fsp3) is 0.444. The van der Waals surface area contributed by atoms with Crippen molar-refractivity contribution in [1.82, 2.24) is 10.5 Å².